The molecule has 0 saturated carbocycles. The van der Waals surface area contributed by atoms with Crippen molar-refractivity contribution >= 4 is 12.3 Å². The van der Waals surface area contributed by atoms with Crippen molar-refractivity contribution in [2.75, 3.05) is 6.54 Å². The summed E-state index contributed by atoms with van der Waals surface area (Å²) in [7, 11) is 0. The lowest BCUT2D eigenvalue weighted by Crippen LogP contribution is -2.13. The second-order valence-corrected chi connectivity index (χ2v) is 4.66. The van der Waals surface area contributed by atoms with E-state index in [9.17, 15) is 9.59 Å². The van der Waals surface area contributed by atoms with Crippen LogP contribution < -0.4 is 5.73 Å². The zero-order valence-electron chi connectivity index (χ0n) is 11.6. The molecule has 2 rings (SSSR count). The molecular formula is C17H17NO3. The molecule has 108 valence electrons. The Morgan fingerprint density at radius 2 is 1.76 bits per heavy atom. The first kappa shape index (κ1) is 14.9. The van der Waals surface area contributed by atoms with E-state index < -0.39 is 0 Å². The molecule has 0 amide bonds. The van der Waals surface area contributed by atoms with Crippen LogP contribution in [0.25, 0.3) is 0 Å². The number of hydrogen-bond donors (Lipinski definition) is 1. The molecule has 2 aromatic carbocycles. The maximum absolute atomic E-state index is 11.8. The lowest BCUT2D eigenvalue weighted by Gasteiger charge is -2.09. The average molecular weight is 283 g/mol. The van der Waals surface area contributed by atoms with Crippen molar-refractivity contribution in [2.24, 2.45) is 5.73 Å². The highest BCUT2D eigenvalue weighted by atomic mass is 16.5. The Hall–Kier alpha value is -2.46. The molecule has 0 spiro atoms. The molecule has 0 aliphatic heterocycles. The second kappa shape index (κ2) is 7.36. The number of rotatable bonds is 6. The van der Waals surface area contributed by atoms with E-state index in [0.717, 1.165) is 17.4 Å². The van der Waals surface area contributed by atoms with E-state index in [2.05, 4.69) is 0 Å². The molecule has 0 aliphatic rings. The van der Waals surface area contributed by atoms with Crippen molar-refractivity contribution in [3.8, 4) is 0 Å². The van der Waals surface area contributed by atoms with Crippen LogP contribution in [-0.2, 0) is 16.1 Å². The Morgan fingerprint density at radius 3 is 2.33 bits per heavy atom. The van der Waals surface area contributed by atoms with Gasteiger partial charge in [0.2, 0.25) is 0 Å². The fourth-order valence-electron chi connectivity index (χ4n) is 1.94. The molecule has 0 saturated heterocycles. The van der Waals surface area contributed by atoms with Crippen LogP contribution in [0.2, 0.25) is 0 Å². The van der Waals surface area contributed by atoms with Crippen LogP contribution >= 0.6 is 0 Å². The minimum Gasteiger partial charge on any atom is -0.457 e. The van der Waals surface area contributed by atoms with Gasteiger partial charge in [-0.1, -0.05) is 42.5 Å². The summed E-state index contributed by atoms with van der Waals surface area (Å²) in [5.74, 6) is -0.640. The quantitative estimate of drug-likeness (QED) is 0.652. The second-order valence-electron chi connectivity index (χ2n) is 4.66. The zero-order valence-corrected chi connectivity index (χ0v) is 11.6. The summed E-state index contributed by atoms with van der Waals surface area (Å²) in [5.41, 5.74) is 7.77. The summed E-state index contributed by atoms with van der Waals surface area (Å²) in [6.07, 6.45) is 0.838. The number of carbonyl (C=O) groups excluding carboxylic acids is 2. The maximum atomic E-state index is 11.8. The summed E-state index contributed by atoms with van der Waals surface area (Å²) in [6.45, 7) is 0.480. The van der Waals surface area contributed by atoms with Gasteiger partial charge in [-0.3, -0.25) is 0 Å². The Bertz CT molecular complexity index is 593. The van der Waals surface area contributed by atoms with Crippen molar-refractivity contribution < 1.29 is 14.3 Å². The fraction of sp³-hybridized carbons (Fsp3) is 0.176. The van der Waals surface area contributed by atoms with Crippen molar-refractivity contribution in [2.45, 2.75) is 12.5 Å². The predicted molar refractivity (Wildman–Crippen MR) is 79.9 cm³/mol. The number of benzene rings is 2. The number of aldehydes is 1. The summed E-state index contributed by atoms with van der Waals surface area (Å²) < 4.78 is 5.23. The average Bonchev–Trinajstić information content (AvgIpc) is 2.55. The molecule has 21 heavy (non-hydrogen) atoms. The van der Waals surface area contributed by atoms with Crippen molar-refractivity contribution in [1.29, 1.82) is 0 Å². The molecule has 0 bridgehead atoms. The van der Waals surface area contributed by atoms with Gasteiger partial charge in [0.05, 0.1) is 11.5 Å². The van der Waals surface area contributed by atoms with Crippen molar-refractivity contribution in [3.05, 3.63) is 71.3 Å². The van der Waals surface area contributed by atoms with Crippen LogP contribution in [0.3, 0.4) is 0 Å². The standard InChI is InChI=1S/C17H17NO3/c18-10-16(11-19)14-8-6-13(7-9-14)12-21-17(20)15-4-2-1-3-5-15/h1-9,11,16H,10,12,18H2/t16-/m0/s1. The fourth-order valence-corrected chi connectivity index (χ4v) is 1.94. The summed E-state index contributed by atoms with van der Waals surface area (Å²) in [4.78, 5) is 22.6. The molecule has 2 aromatic rings. The number of esters is 1. The first-order valence-corrected chi connectivity index (χ1v) is 6.71. The van der Waals surface area contributed by atoms with Gasteiger partial charge in [-0.25, -0.2) is 4.79 Å². The Morgan fingerprint density at radius 1 is 1.10 bits per heavy atom. The third-order valence-corrected chi connectivity index (χ3v) is 3.21. The van der Waals surface area contributed by atoms with E-state index in [4.69, 9.17) is 10.5 Å². The molecule has 4 heteroatoms. The summed E-state index contributed by atoms with van der Waals surface area (Å²) in [6, 6.07) is 16.2. The van der Waals surface area contributed by atoms with E-state index >= 15 is 0 Å². The normalized spacial score (nSPS) is 11.7. The van der Waals surface area contributed by atoms with Crippen molar-refractivity contribution in [3.63, 3.8) is 0 Å². The number of nitrogens with two attached hydrogens (primary N) is 1. The SMILES string of the molecule is NC[C@@H](C=O)c1ccc(COC(=O)c2ccccc2)cc1. The maximum Gasteiger partial charge on any atom is 0.338 e. The van der Waals surface area contributed by atoms with Gasteiger partial charge in [0, 0.05) is 6.54 Å². The van der Waals surface area contributed by atoms with Crippen LogP contribution in [-0.4, -0.2) is 18.8 Å². The molecule has 0 unspecified atom stereocenters. The third kappa shape index (κ3) is 4.00. The van der Waals surface area contributed by atoms with Crippen LogP contribution in [0.1, 0.15) is 27.4 Å². The smallest absolute Gasteiger partial charge is 0.338 e. The molecule has 0 aliphatic carbocycles. The Labute approximate surface area is 123 Å². The highest BCUT2D eigenvalue weighted by Crippen LogP contribution is 2.14. The Balaban J connectivity index is 1.95. The third-order valence-electron chi connectivity index (χ3n) is 3.21. The molecule has 0 aromatic heterocycles. The van der Waals surface area contributed by atoms with Gasteiger partial charge in [-0.2, -0.15) is 0 Å². The van der Waals surface area contributed by atoms with Gasteiger partial charge in [0.1, 0.15) is 12.9 Å². The summed E-state index contributed by atoms with van der Waals surface area (Å²) >= 11 is 0. The van der Waals surface area contributed by atoms with Gasteiger partial charge in [0.25, 0.3) is 0 Å². The topological polar surface area (TPSA) is 69.4 Å². The summed E-state index contributed by atoms with van der Waals surface area (Å²) in [5, 5.41) is 0. The number of carbonyl (C=O) groups is 2. The molecule has 2 N–H and O–H groups in total. The first-order valence-electron chi connectivity index (χ1n) is 6.71. The lowest BCUT2D eigenvalue weighted by molar-refractivity contribution is -0.108. The zero-order chi connectivity index (χ0) is 15.1. The lowest BCUT2D eigenvalue weighted by atomic mass is 10.00. The molecule has 0 fully saturated rings. The van der Waals surface area contributed by atoms with E-state index in [1.54, 1.807) is 24.3 Å². The van der Waals surface area contributed by atoms with Crippen molar-refractivity contribution in [1.82, 2.24) is 0 Å². The molecule has 4 nitrogen and oxygen atoms in total. The Kier molecular flexibility index (Phi) is 5.23. The number of ether oxygens (including phenoxy) is 1. The molecule has 0 radical (unpaired) electrons. The molecular weight excluding hydrogens is 266 g/mol. The van der Waals surface area contributed by atoms with Crippen LogP contribution in [0.4, 0.5) is 0 Å². The largest absolute Gasteiger partial charge is 0.457 e. The highest BCUT2D eigenvalue weighted by molar-refractivity contribution is 5.89. The van der Waals surface area contributed by atoms with Gasteiger partial charge >= 0.3 is 5.97 Å². The van der Waals surface area contributed by atoms with E-state index in [1.165, 1.54) is 0 Å². The van der Waals surface area contributed by atoms with Gasteiger partial charge in [0.15, 0.2) is 0 Å². The minimum absolute atomic E-state index is 0.197. The molecule has 0 heterocycles. The first-order chi connectivity index (χ1) is 10.2. The predicted octanol–water partition coefficient (Wildman–Crippen LogP) is 2.28. The molecule has 1 atom stereocenters. The van der Waals surface area contributed by atoms with Crippen LogP contribution in [0.5, 0.6) is 0 Å². The van der Waals surface area contributed by atoms with Gasteiger partial charge in [-0.05, 0) is 23.3 Å². The highest BCUT2D eigenvalue weighted by Gasteiger charge is 2.09. The van der Waals surface area contributed by atoms with E-state index in [0.29, 0.717) is 5.56 Å². The minimum atomic E-state index is -0.354. The van der Waals surface area contributed by atoms with Crippen LogP contribution in [0.15, 0.2) is 54.6 Å². The number of hydrogen-bond acceptors (Lipinski definition) is 4. The van der Waals surface area contributed by atoms with Gasteiger partial charge < -0.3 is 15.3 Å². The van der Waals surface area contributed by atoms with E-state index in [-0.39, 0.29) is 25.0 Å². The monoisotopic (exact) mass is 283 g/mol. The van der Waals surface area contributed by atoms with E-state index in [1.807, 2.05) is 30.3 Å². The van der Waals surface area contributed by atoms with Crippen LogP contribution in [0, 0.1) is 0 Å². The van der Waals surface area contributed by atoms with Gasteiger partial charge in [-0.15, -0.1) is 0 Å².